The van der Waals surface area contributed by atoms with Gasteiger partial charge in [0, 0.05) is 17.9 Å². The summed E-state index contributed by atoms with van der Waals surface area (Å²) in [5, 5.41) is 9.87. The number of amides is 2. The predicted octanol–water partition coefficient (Wildman–Crippen LogP) is 6.09. The van der Waals surface area contributed by atoms with Gasteiger partial charge in [0.1, 0.15) is 11.0 Å². The van der Waals surface area contributed by atoms with Crippen LogP contribution in [0.4, 0.5) is 5.69 Å². The number of hydrogen-bond acceptors (Lipinski definition) is 6. The van der Waals surface area contributed by atoms with Crippen LogP contribution in [0.2, 0.25) is 5.02 Å². The molecule has 0 fully saturated rings. The molecular weight excluding hydrogens is 520 g/mol. The molecular formula is C29H27ClN4O3S. The maximum absolute atomic E-state index is 12.9. The number of carbonyl (C=O) groups is 2. The number of hydrogen-bond donors (Lipinski definition) is 1. The Morgan fingerprint density at radius 1 is 1.13 bits per heavy atom. The summed E-state index contributed by atoms with van der Waals surface area (Å²) in [6.45, 7) is 2.13. The van der Waals surface area contributed by atoms with Crippen LogP contribution < -0.4 is 10.1 Å². The summed E-state index contributed by atoms with van der Waals surface area (Å²) in [4.78, 5) is 30.0. The molecule has 1 N–H and O–H groups in total. The van der Waals surface area contributed by atoms with Crippen LogP contribution in [-0.2, 0) is 16.0 Å². The van der Waals surface area contributed by atoms with Crippen LogP contribution in [0.1, 0.15) is 42.5 Å². The van der Waals surface area contributed by atoms with Crippen LogP contribution in [0, 0.1) is 0 Å². The second-order valence-corrected chi connectivity index (χ2v) is 10.6. The third-order valence-corrected chi connectivity index (χ3v) is 7.90. The summed E-state index contributed by atoms with van der Waals surface area (Å²) in [5.41, 5.74) is 4.77. The largest absolute Gasteiger partial charge is 0.495 e. The molecule has 3 aromatic rings. The van der Waals surface area contributed by atoms with Gasteiger partial charge in [-0.15, -0.1) is 0 Å². The summed E-state index contributed by atoms with van der Waals surface area (Å²) in [6, 6.07) is 23.4. The van der Waals surface area contributed by atoms with Crippen molar-refractivity contribution >= 4 is 51.7 Å². The zero-order chi connectivity index (χ0) is 26.6. The highest BCUT2D eigenvalue weighted by Gasteiger charge is 2.39. The van der Waals surface area contributed by atoms with Gasteiger partial charge in [-0.25, -0.2) is 5.01 Å². The van der Waals surface area contributed by atoms with Gasteiger partial charge < -0.3 is 10.1 Å². The first kappa shape index (κ1) is 26.0. The summed E-state index contributed by atoms with van der Waals surface area (Å²) in [5.74, 6) is -0.182. The number of aliphatic imine (C=N–C) groups is 1. The minimum absolute atomic E-state index is 0.0366. The van der Waals surface area contributed by atoms with Crippen molar-refractivity contribution in [3.05, 3.63) is 94.5 Å². The van der Waals surface area contributed by atoms with E-state index < -0.39 is 5.25 Å². The fraction of sp³-hybridized carbons (Fsp3) is 0.241. The number of thioether (sulfide) groups is 1. The Kier molecular flexibility index (Phi) is 7.81. The van der Waals surface area contributed by atoms with E-state index in [-0.39, 0.29) is 24.3 Å². The molecule has 2 amide bonds. The predicted molar refractivity (Wildman–Crippen MR) is 153 cm³/mol. The van der Waals surface area contributed by atoms with Gasteiger partial charge in [0.25, 0.3) is 5.91 Å². The third kappa shape index (κ3) is 5.61. The van der Waals surface area contributed by atoms with E-state index >= 15 is 0 Å². The highest BCUT2D eigenvalue weighted by Crippen LogP contribution is 2.39. The lowest BCUT2D eigenvalue weighted by Gasteiger charge is -2.23. The van der Waals surface area contributed by atoms with Crippen molar-refractivity contribution in [1.82, 2.24) is 5.01 Å². The van der Waals surface area contributed by atoms with Crippen LogP contribution in [0.25, 0.3) is 0 Å². The number of anilines is 1. The molecule has 0 aliphatic carbocycles. The summed E-state index contributed by atoms with van der Waals surface area (Å²) in [7, 11) is 1.52. The lowest BCUT2D eigenvalue weighted by atomic mass is 9.97. The molecule has 7 nitrogen and oxygen atoms in total. The molecule has 2 aliphatic rings. The molecule has 5 rings (SSSR count). The van der Waals surface area contributed by atoms with Crippen molar-refractivity contribution in [3.8, 4) is 5.75 Å². The Hall–Kier alpha value is -3.62. The minimum Gasteiger partial charge on any atom is -0.495 e. The number of methoxy groups -OCH3 is 1. The van der Waals surface area contributed by atoms with E-state index in [1.807, 2.05) is 35.3 Å². The smallest absolute Gasteiger partial charge is 0.262 e. The van der Waals surface area contributed by atoms with Crippen molar-refractivity contribution in [2.24, 2.45) is 10.1 Å². The number of halogens is 1. The fourth-order valence-corrected chi connectivity index (χ4v) is 5.71. The molecule has 38 heavy (non-hydrogen) atoms. The van der Waals surface area contributed by atoms with E-state index in [1.54, 1.807) is 18.2 Å². The molecule has 0 spiro atoms. The lowest BCUT2D eigenvalue weighted by Crippen LogP contribution is -2.25. The van der Waals surface area contributed by atoms with Crippen LogP contribution >= 0.6 is 23.4 Å². The monoisotopic (exact) mass is 546 g/mol. The number of aryl methyl sites for hydroxylation is 1. The van der Waals surface area contributed by atoms with Crippen molar-refractivity contribution in [2.45, 2.75) is 37.5 Å². The third-order valence-electron chi connectivity index (χ3n) is 6.52. The topological polar surface area (TPSA) is 83.4 Å². The summed E-state index contributed by atoms with van der Waals surface area (Å²) >= 11 is 7.35. The van der Waals surface area contributed by atoms with Gasteiger partial charge in [-0.3, -0.25) is 9.59 Å². The SMILES string of the molecule is CCc1ccc(C2CC(c3ccccc3)=NN2C2=NC(=O)C(CC(=O)Nc3cc(Cl)ccc3OC)S2)cc1. The van der Waals surface area contributed by atoms with E-state index in [0.29, 0.717) is 28.0 Å². The molecule has 2 atom stereocenters. The van der Waals surface area contributed by atoms with Gasteiger partial charge in [0.05, 0.1) is 24.6 Å². The molecule has 0 radical (unpaired) electrons. The lowest BCUT2D eigenvalue weighted by molar-refractivity contribution is -0.121. The molecule has 3 aromatic carbocycles. The van der Waals surface area contributed by atoms with Gasteiger partial charge in [-0.1, -0.05) is 84.9 Å². The summed E-state index contributed by atoms with van der Waals surface area (Å²) in [6.07, 6.45) is 1.61. The first-order valence-corrected chi connectivity index (χ1v) is 13.6. The normalized spacial score (nSPS) is 18.8. The number of hydrazone groups is 1. The average molecular weight is 547 g/mol. The zero-order valence-electron chi connectivity index (χ0n) is 21.1. The second kappa shape index (κ2) is 11.4. The Balaban J connectivity index is 1.34. The molecule has 0 bridgehead atoms. The number of rotatable bonds is 7. The Bertz CT molecular complexity index is 1410. The number of ether oxygens (including phenoxy) is 1. The highest BCUT2D eigenvalue weighted by atomic mass is 35.5. The maximum atomic E-state index is 12.9. The van der Waals surface area contributed by atoms with Gasteiger partial charge in [-0.2, -0.15) is 10.1 Å². The highest BCUT2D eigenvalue weighted by molar-refractivity contribution is 8.15. The van der Waals surface area contributed by atoms with Crippen LogP contribution in [-0.4, -0.2) is 40.1 Å². The molecule has 0 saturated heterocycles. The standard InChI is InChI=1S/C29H27ClN4O3S/c1-3-18-9-11-20(12-10-18)24-16-22(19-7-5-4-6-8-19)33-34(24)29-32-28(36)26(38-29)17-27(35)31-23-15-21(30)13-14-25(23)37-2/h4-15,24,26H,3,16-17H2,1-2H3,(H,31,35). The Morgan fingerprint density at radius 3 is 2.61 bits per heavy atom. The van der Waals surface area contributed by atoms with Crippen LogP contribution in [0.15, 0.2) is 82.9 Å². The van der Waals surface area contributed by atoms with Crippen molar-refractivity contribution in [3.63, 3.8) is 0 Å². The first-order chi connectivity index (χ1) is 18.4. The van der Waals surface area contributed by atoms with E-state index in [0.717, 1.165) is 23.3 Å². The van der Waals surface area contributed by atoms with E-state index in [9.17, 15) is 9.59 Å². The fourth-order valence-electron chi connectivity index (χ4n) is 4.48. The van der Waals surface area contributed by atoms with E-state index in [4.69, 9.17) is 21.4 Å². The molecule has 9 heteroatoms. The molecule has 2 unspecified atom stereocenters. The molecule has 194 valence electrons. The van der Waals surface area contributed by atoms with Gasteiger partial charge in [0.2, 0.25) is 5.91 Å². The zero-order valence-corrected chi connectivity index (χ0v) is 22.6. The summed E-state index contributed by atoms with van der Waals surface area (Å²) < 4.78 is 5.30. The number of amidine groups is 1. The van der Waals surface area contributed by atoms with E-state index in [1.165, 1.54) is 24.4 Å². The van der Waals surface area contributed by atoms with Crippen LogP contribution in [0.5, 0.6) is 5.75 Å². The van der Waals surface area contributed by atoms with Gasteiger partial charge in [0.15, 0.2) is 5.17 Å². The molecule has 0 saturated carbocycles. The number of carbonyl (C=O) groups excluding carboxylic acids is 2. The number of nitrogens with zero attached hydrogens (tertiary/aromatic N) is 3. The first-order valence-electron chi connectivity index (χ1n) is 12.4. The van der Waals surface area contributed by atoms with E-state index in [2.05, 4.69) is 41.5 Å². The van der Waals surface area contributed by atoms with Crippen molar-refractivity contribution < 1.29 is 14.3 Å². The van der Waals surface area contributed by atoms with Gasteiger partial charge >= 0.3 is 0 Å². The number of benzene rings is 3. The Labute approximate surface area is 230 Å². The molecule has 2 heterocycles. The maximum Gasteiger partial charge on any atom is 0.262 e. The second-order valence-electron chi connectivity index (χ2n) is 9.01. The van der Waals surface area contributed by atoms with Crippen molar-refractivity contribution in [1.29, 1.82) is 0 Å². The van der Waals surface area contributed by atoms with Crippen LogP contribution in [0.3, 0.4) is 0 Å². The van der Waals surface area contributed by atoms with Crippen molar-refractivity contribution in [2.75, 3.05) is 12.4 Å². The van der Waals surface area contributed by atoms with Gasteiger partial charge in [-0.05, 0) is 41.3 Å². The minimum atomic E-state index is -0.644. The quantitative estimate of drug-likeness (QED) is 0.388. The number of nitrogens with one attached hydrogen (secondary N) is 1. The molecule has 2 aliphatic heterocycles. The molecule has 0 aromatic heterocycles. The Morgan fingerprint density at radius 2 is 1.89 bits per heavy atom. The average Bonchev–Trinajstić information content (AvgIpc) is 3.53.